The van der Waals surface area contributed by atoms with E-state index in [1.807, 2.05) is 12.1 Å². The zero-order valence-corrected chi connectivity index (χ0v) is 18.7. The summed E-state index contributed by atoms with van der Waals surface area (Å²) in [6.07, 6.45) is 0.888. The van der Waals surface area contributed by atoms with Gasteiger partial charge in [-0.1, -0.05) is 112 Å². The van der Waals surface area contributed by atoms with E-state index < -0.39 is 0 Å². The van der Waals surface area contributed by atoms with Crippen LogP contribution >= 0.6 is 25.6 Å². The van der Waals surface area contributed by atoms with Crippen molar-refractivity contribution in [3.05, 3.63) is 143 Å². The standard InChI is InChI=1S/C26H22FP.BrH/c27-25-18-16-21(17-19-25)20-28-26(22-10-4-1-5-11-22,23-12-6-2-7-13-23)24-14-8-3-9-15-24;/h1-19,28H,20H2;1H. The van der Waals surface area contributed by atoms with Crippen LogP contribution in [0.15, 0.2) is 115 Å². The maximum absolute atomic E-state index is 13.4. The molecule has 0 nitrogen and oxygen atoms in total. The van der Waals surface area contributed by atoms with Crippen LogP contribution in [-0.2, 0) is 11.3 Å². The van der Waals surface area contributed by atoms with Gasteiger partial charge in [0.25, 0.3) is 0 Å². The van der Waals surface area contributed by atoms with E-state index >= 15 is 0 Å². The lowest BCUT2D eigenvalue weighted by Gasteiger charge is -2.36. The Morgan fingerprint density at radius 3 is 1.31 bits per heavy atom. The lowest BCUT2D eigenvalue weighted by atomic mass is 9.84. The molecule has 0 aromatic heterocycles. The van der Waals surface area contributed by atoms with Crippen LogP contribution in [0.3, 0.4) is 0 Å². The average molecular weight is 465 g/mol. The van der Waals surface area contributed by atoms with E-state index in [4.69, 9.17) is 0 Å². The molecule has 3 heteroatoms. The maximum Gasteiger partial charge on any atom is 0.123 e. The third kappa shape index (κ3) is 4.66. The molecule has 29 heavy (non-hydrogen) atoms. The second-order valence-corrected chi connectivity index (χ2v) is 8.29. The lowest BCUT2D eigenvalue weighted by Crippen LogP contribution is -2.24. The summed E-state index contributed by atoms with van der Waals surface area (Å²) in [4.78, 5) is 0. The summed E-state index contributed by atoms with van der Waals surface area (Å²) >= 11 is 0. The molecule has 0 bridgehead atoms. The molecule has 0 spiro atoms. The van der Waals surface area contributed by atoms with Gasteiger partial charge in [-0.3, -0.25) is 0 Å². The van der Waals surface area contributed by atoms with Crippen LogP contribution in [0.25, 0.3) is 0 Å². The van der Waals surface area contributed by atoms with Crippen molar-refractivity contribution in [2.24, 2.45) is 0 Å². The van der Waals surface area contributed by atoms with Gasteiger partial charge in [-0.15, -0.1) is 17.0 Å². The van der Waals surface area contributed by atoms with Crippen LogP contribution in [0.5, 0.6) is 0 Å². The average Bonchev–Trinajstić information content (AvgIpc) is 2.78. The summed E-state index contributed by atoms with van der Waals surface area (Å²) in [5, 5.41) is -0.238. The zero-order chi connectivity index (χ0) is 19.2. The van der Waals surface area contributed by atoms with Crippen molar-refractivity contribution in [3.63, 3.8) is 0 Å². The van der Waals surface area contributed by atoms with E-state index in [1.165, 1.54) is 16.7 Å². The van der Waals surface area contributed by atoms with Crippen LogP contribution < -0.4 is 0 Å². The van der Waals surface area contributed by atoms with Gasteiger partial charge < -0.3 is 0 Å². The highest BCUT2D eigenvalue weighted by molar-refractivity contribution is 8.93. The monoisotopic (exact) mass is 464 g/mol. The van der Waals surface area contributed by atoms with Gasteiger partial charge in [-0.2, -0.15) is 0 Å². The van der Waals surface area contributed by atoms with Crippen molar-refractivity contribution < 1.29 is 4.39 Å². The molecule has 146 valence electrons. The summed E-state index contributed by atoms with van der Waals surface area (Å²) in [7, 11) is 0.578. The van der Waals surface area contributed by atoms with E-state index in [0.29, 0.717) is 8.58 Å². The largest absolute Gasteiger partial charge is 0.207 e. The first kappa shape index (κ1) is 21.4. The fourth-order valence-corrected chi connectivity index (χ4v) is 5.52. The predicted octanol–water partition coefficient (Wildman–Crippen LogP) is 7.57. The first-order valence-electron chi connectivity index (χ1n) is 9.45. The van der Waals surface area contributed by atoms with Crippen LogP contribution in [0, 0.1) is 5.82 Å². The quantitative estimate of drug-likeness (QED) is 0.204. The van der Waals surface area contributed by atoms with Crippen LogP contribution in [0.2, 0.25) is 0 Å². The Labute approximate surface area is 184 Å². The van der Waals surface area contributed by atoms with Crippen molar-refractivity contribution in [2.45, 2.75) is 11.3 Å². The Balaban J connectivity index is 0.00000240. The first-order valence-corrected chi connectivity index (χ1v) is 10.7. The van der Waals surface area contributed by atoms with Crippen molar-refractivity contribution in [1.82, 2.24) is 0 Å². The van der Waals surface area contributed by atoms with Crippen molar-refractivity contribution >= 4 is 25.6 Å². The van der Waals surface area contributed by atoms with Crippen LogP contribution in [0.4, 0.5) is 4.39 Å². The highest BCUT2D eigenvalue weighted by Crippen LogP contribution is 2.53. The third-order valence-corrected chi connectivity index (χ3v) is 7.07. The van der Waals surface area contributed by atoms with Crippen LogP contribution in [0.1, 0.15) is 22.3 Å². The molecule has 0 saturated carbocycles. The van der Waals surface area contributed by atoms with Gasteiger partial charge in [0.15, 0.2) is 0 Å². The fourth-order valence-electron chi connectivity index (χ4n) is 3.71. The highest BCUT2D eigenvalue weighted by Gasteiger charge is 2.35. The molecule has 4 aromatic carbocycles. The molecule has 0 heterocycles. The van der Waals surface area contributed by atoms with E-state index in [-0.39, 0.29) is 28.0 Å². The summed E-state index contributed by atoms with van der Waals surface area (Å²) in [6, 6.07) is 39.1. The van der Waals surface area contributed by atoms with Crippen molar-refractivity contribution in [1.29, 1.82) is 0 Å². The van der Waals surface area contributed by atoms with Gasteiger partial charge in [-0.05, 0) is 40.5 Å². The SMILES string of the molecule is Br.Fc1ccc(CPC(c2ccccc2)(c2ccccc2)c2ccccc2)cc1. The molecule has 1 atom stereocenters. The fraction of sp³-hybridized carbons (Fsp3) is 0.0769. The molecule has 0 aliphatic heterocycles. The summed E-state index contributed by atoms with van der Waals surface area (Å²) < 4.78 is 13.4. The van der Waals surface area contributed by atoms with E-state index in [9.17, 15) is 4.39 Å². The molecule has 1 unspecified atom stereocenters. The first-order chi connectivity index (χ1) is 13.8. The molecule has 0 amide bonds. The second kappa shape index (κ2) is 9.96. The minimum absolute atomic E-state index is 0. The zero-order valence-electron chi connectivity index (χ0n) is 16.0. The Kier molecular flexibility index (Phi) is 7.36. The molecule has 4 aromatic rings. The molecule has 0 radical (unpaired) electrons. The number of benzene rings is 4. The number of halogens is 2. The molecule has 0 aliphatic carbocycles. The van der Waals surface area contributed by atoms with E-state index in [0.717, 1.165) is 11.7 Å². The minimum Gasteiger partial charge on any atom is -0.207 e. The number of hydrogen-bond acceptors (Lipinski definition) is 0. The van der Waals surface area contributed by atoms with E-state index in [2.05, 4.69) is 91.0 Å². The Morgan fingerprint density at radius 1 is 0.552 bits per heavy atom. The molecular formula is C26H23BrFP. The van der Waals surface area contributed by atoms with Gasteiger partial charge in [0.1, 0.15) is 5.82 Å². The maximum atomic E-state index is 13.4. The Bertz CT molecular complexity index is 906. The molecule has 0 N–H and O–H groups in total. The van der Waals surface area contributed by atoms with Gasteiger partial charge >= 0.3 is 0 Å². The van der Waals surface area contributed by atoms with Gasteiger partial charge in [-0.25, -0.2) is 4.39 Å². The van der Waals surface area contributed by atoms with Gasteiger partial charge in [0, 0.05) is 0 Å². The Morgan fingerprint density at radius 2 is 0.931 bits per heavy atom. The smallest absolute Gasteiger partial charge is 0.123 e. The van der Waals surface area contributed by atoms with Crippen LogP contribution in [-0.4, -0.2) is 0 Å². The molecule has 0 saturated heterocycles. The lowest BCUT2D eigenvalue weighted by molar-refractivity contribution is 0.627. The second-order valence-electron chi connectivity index (χ2n) is 6.83. The molecule has 4 rings (SSSR count). The number of rotatable bonds is 6. The highest BCUT2D eigenvalue weighted by atomic mass is 79.9. The minimum atomic E-state index is -0.238. The molecule has 0 fully saturated rings. The van der Waals surface area contributed by atoms with Gasteiger partial charge in [0.2, 0.25) is 0 Å². The van der Waals surface area contributed by atoms with Crippen molar-refractivity contribution in [3.8, 4) is 0 Å². The topological polar surface area (TPSA) is 0 Å². The normalized spacial score (nSPS) is 11.3. The predicted molar refractivity (Wildman–Crippen MR) is 128 cm³/mol. The van der Waals surface area contributed by atoms with Crippen molar-refractivity contribution in [2.75, 3.05) is 0 Å². The summed E-state index contributed by atoms with van der Waals surface area (Å²) in [5.41, 5.74) is 5.01. The third-order valence-electron chi connectivity index (χ3n) is 5.09. The van der Waals surface area contributed by atoms with E-state index in [1.54, 1.807) is 12.1 Å². The molecular weight excluding hydrogens is 442 g/mol. The summed E-state index contributed by atoms with van der Waals surface area (Å²) in [6.45, 7) is 0. The number of hydrogen-bond donors (Lipinski definition) is 0. The summed E-state index contributed by atoms with van der Waals surface area (Å²) in [5.74, 6) is -0.187. The Hall–Kier alpha value is -2.28. The molecule has 0 aliphatic rings. The van der Waals surface area contributed by atoms with Gasteiger partial charge in [0.05, 0.1) is 5.16 Å².